The smallest absolute Gasteiger partial charge is 0.266 e. The van der Waals surface area contributed by atoms with Gasteiger partial charge in [-0.3, -0.25) is 4.79 Å². The van der Waals surface area contributed by atoms with Gasteiger partial charge in [-0.25, -0.2) is 13.1 Å². The Labute approximate surface area is 152 Å². The summed E-state index contributed by atoms with van der Waals surface area (Å²) in [6.07, 6.45) is 0. The van der Waals surface area contributed by atoms with E-state index in [1.165, 1.54) is 36.6 Å². The van der Waals surface area contributed by atoms with Gasteiger partial charge in [0.2, 0.25) is 10.0 Å². The van der Waals surface area contributed by atoms with Crippen molar-refractivity contribution < 1.29 is 13.5 Å². The van der Waals surface area contributed by atoms with Crippen LogP contribution >= 0.6 is 11.3 Å². The molecule has 0 radical (unpaired) electrons. The molecule has 0 aliphatic carbocycles. The number of aromatic amines is 1. The van der Waals surface area contributed by atoms with Gasteiger partial charge in [0.05, 0.1) is 4.90 Å². The van der Waals surface area contributed by atoms with Crippen molar-refractivity contribution in [3.8, 4) is 16.9 Å². The fourth-order valence-electron chi connectivity index (χ4n) is 3.05. The van der Waals surface area contributed by atoms with Crippen LogP contribution in [0.2, 0.25) is 0 Å². The highest BCUT2D eigenvalue weighted by Gasteiger charge is 2.17. The molecule has 0 amide bonds. The maximum atomic E-state index is 12.2. The molecule has 0 unspecified atom stereocenters. The summed E-state index contributed by atoms with van der Waals surface area (Å²) >= 11 is 1.33. The number of hydrogen-bond acceptors (Lipinski definition) is 5. The van der Waals surface area contributed by atoms with Crippen molar-refractivity contribution in [1.82, 2.24) is 9.71 Å². The molecule has 6 nitrogen and oxygen atoms in total. The van der Waals surface area contributed by atoms with Crippen molar-refractivity contribution in [1.29, 1.82) is 0 Å². The molecule has 0 saturated carbocycles. The molecule has 132 valence electrons. The summed E-state index contributed by atoms with van der Waals surface area (Å²) in [4.78, 5) is 15.2. The Morgan fingerprint density at radius 2 is 1.81 bits per heavy atom. The number of phenols is 1. The Morgan fingerprint density at radius 1 is 1.08 bits per heavy atom. The van der Waals surface area contributed by atoms with E-state index in [2.05, 4.69) is 9.71 Å². The molecule has 4 aromatic rings. The van der Waals surface area contributed by atoms with E-state index < -0.39 is 10.0 Å². The maximum absolute atomic E-state index is 12.2. The van der Waals surface area contributed by atoms with Crippen LogP contribution < -0.4 is 10.3 Å². The summed E-state index contributed by atoms with van der Waals surface area (Å²) in [5.74, 6) is 0.0567. The maximum Gasteiger partial charge on any atom is 0.266 e. The number of phenolic OH excluding ortho intramolecular Hbond substituents is 1. The van der Waals surface area contributed by atoms with Crippen LogP contribution in [0.25, 0.3) is 32.1 Å². The predicted molar refractivity (Wildman–Crippen MR) is 103 cm³/mol. The van der Waals surface area contributed by atoms with Crippen molar-refractivity contribution in [3.05, 3.63) is 58.2 Å². The van der Waals surface area contributed by atoms with Crippen LogP contribution in [0.15, 0.2) is 57.5 Å². The summed E-state index contributed by atoms with van der Waals surface area (Å²) in [7, 11) is -2.19. The largest absolute Gasteiger partial charge is 0.507 e. The van der Waals surface area contributed by atoms with E-state index in [0.717, 1.165) is 10.8 Å². The Morgan fingerprint density at radius 3 is 2.50 bits per heavy atom. The lowest BCUT2D eigenvalue weighted by Gasteiger charge is -2.11. The lowest BCUT2D eigenvalue weighted by atomic mass is 9.97. The molecule has 0 saturated heterocycles. The molecule has 0 atom stereocenters. The molecular weight excluding hydrogens is 372 g/mol. The molecule has 2 aromatic heterocycles. The Bertz CT molecular complexity index is 1300. The number of rotatable bonds is 3. The number of pyridine rings is 1. The van der Waals surface area contributed by atoms with Gasteiger partial charge in [0.1, 0.15) is 10.4 Å². The first-order valence-corrected chi connectivity index (χ1v) is 10.1. The minimum absolute atomic E-state index is 0.0567. The van der Waals surface area contributed by atoms with Gasteiger partial charge >= 0.3 is 0 Å². The van der Waals surface area contributed by atoms with Crippen LogP contribution in [0, 0.1) is 0 Å². The second kappa shape index (κ2) is 5.94. The third-order valence-electron chi connectivity index (χ3n) is 4.29. The van der Waals surface area contributed by atoms with Gasteiger partial charge < -0.3 is 10.1 Å². The zero-order valence-corrected chi connectivity index (χ0v) is 15.2. The second-order valence-corrected chi connectivity index (χ2v) is 8.53. The third kappa shape index (κ3) is 2.50. The van der Waals surface area contributed by atoms with Crippen LogP contribution in [0.4, 0.5) is 0 Å². The van der Waals surface area contributed by atoms with Crippen molar-refractivity contribution >= 4 is 42.3 Å². The van der Waals surface area contributed by atoms with E-state index in [4.69, 9.17) is 0 Å². The van der Waals surface area contributed by atoms with Crippen LogP contribution in [0.5, 0.6) is 5.75 Å². The number of thiophene rings is 1. The Balaban J connectivity index is 2.04. The van der Waals surface area contributed by atoms with Gasteiger partial charge in [0.15, 0.2) is 0 Å². The van der Waals surface area contributed by atoms with E-state index in [9.17, 15) is 18.3 Å². The van der Waals surface area contributed by atoms with Crippen molar-refractivity contribution in [2.45, 2.75) is 4.90 Å². The fourth-order valence-corrected chi connectivity index (χ4v) is 4.57. The first-order valence-electron chi connectivity index (χ1n) is 7.71. The van der Waals surface area contributed by atoms with Crippen LogP contribution in [-0.4, -0.2) is 25.6 Å². The van der Waals surface area contributed by atoms with Gasteiger partial charge in [-0.1, -0.05) is 12.1 Å². The van der Waals surface area contributed by atoms with Gasteiger partial charge in [-0.05, 0) is 48.3 Å². The summed E-state index contributed by atoms with van der Waals surface area (Å²) in [5.41, 5.74) is 1.65. The highest BCUT2D eigenvalue weighted by molar-refractivity contribution is 7.89. The number of benzene rings is 2. The van der Waals surface area contributed by atoms with E-state index >= 15 is 0 Å². The highest BCUT2D eigenvalue weighted by Crippen LogP contribution is 2.39. The van der Waals surface area contributed by atoms with Gasteiger partial charge in [0, 0.05) is 21.9 Å². The average molecular weight is 386 g/mol. The SMILES string of the molecule is CNS(=O)(=O)c1ccc(-c2c(O)ccc3[nH]c(=O)c4sccc4c23)cc1. The number of hydrogen-bond donors (Lipinski definition) is 3. The minimum atomic E-state index is -3.54. The molecule has 0 aliphatic heterocycles. The first-order chi connectivity index (χ1) is 12.4. The van der Waals surface area contributed by atoms with Crippen molar-refractivity contribution in [3.63, 3.8) is 0 Å². The number of nitrogens with one attached hydrogen (secondary N) is 2. The predicted octanol–water partition coefficient (Wildman–Crippen LogP) is 3.02. The quantitative estimate of drug-likeness (QED) is 0.504. The molecule has 0 aliphatic rings. The summed E-state index contributed by atoms with van der Waals surface area (Å²) in [6.45, 7) is 0. The fraction of sp³-hybridized carbons (Fsp3) is 0.0556. The molecule has 4 rings (SSSR count). The zero-order valence-electron chi connectivity index (χ0n) is 13.6. The van der Waals surface area contributed by atoms with Crippen LogP contribution in [0.3, 0.4) is 0 Å². The molecule has 2 heterocycles. The van der Waals surface area contributed by atoms with Crippen molar-refractivity contribution in [2.24, 2.45) is 0 Å². The molecule has 8 heteroatoms. The number of aromatic nitrogens is 1. The summed E-state index contributed by atoms with van der Waals surface area (Å²) in [6, 6.07) is 11.3. The standard InChI is InChI=1S/C18H14N2O4S2/c1-19-26(23,24)11-4-2-10(3-5-11)15-14(21)7-6-13-16(15)12-8-9-25-17(12)18(22)20-13/h2-9,19,21H,1H3,(H,20,22). The second-order valence-electron chi connectivity index (χ2n) is 5.73. The monoisotopic (exact) mass is 386 g/mol. The highest BCUT2D eigenvalue weighted by atomic mass is 32.2. The topological polar surface area (TPSA) is 99.3 Å². The zero-order chi connectivity index (χ0) is 18.5. The minimum Gasteiger partial charge on any atom is -0.507 e. The molecule has 2 aromatic carbocycles. The number of fused-ring (bicyclic) bond motifs is 3. The van der Waals surface area contributed by atoms with E-state index in [-0.39, 0.29) is 16.2 Å². The van der Waals surface area contributed by atoms with Gasteiger partial charge in [-0.15, -0.1) is 11.3 Å². The lowest BCUT2D eigenvalue weighted by molar-refractivity contribution is 0.478. The Kier molecular flexibility index (Phi) is 3.83. The van der Waals surface area contributed by atoms with E-state index in [1.54, 1.807) is 18.2 Å². The van der Waals surface area contributed by atoms with Gasteiger partial charge in [0.25, 0.3) is 5.56 Å². The first kappa shape index (κ1) is 16.8. The molecule has 26 heavy (non-hydrogen) atoms. The molecule has 0 spiro atoms. The van der Waals surface area contributed by atoms with E-state index in [0.29, 0.717) is 21.3 Å². The molecule has 3 N–H and O–H groups in total. The Hall–Kier alpha value is -2.68. The normalized spacial score (nSPS) is 12.0. The van der Waals surface area contributed by atoms with Crippen molar-refractivity contribution in [2.75, 3.05) is 7.05 Å². The number of sulfonamides is 1. The summed E-state index contributed by atoms with van der Waals surface area (Å²) < 4.78 is 26.7. The van der Waals surface area contributed by atoms with Crippen LogP contribution in [-0.2, 0) is 10.0 Å². The van der Waals surface area contributed by atoms with Crippen LogP contribution in [0.1, 0.15) is 0 Å². The number of aromatic hydroxyl groups is 1. The summed E-state index contributed by atoms with van der Waals surface area (Å²) in [5, 5.41) is 13.8. The molecule has 0 bridgehead atoms. The number of H-pyrrole nitrogens is 1. The van der Waals surface area contributed by atoms with E-state index in [1.807, 2.05) is 11.4 Å². The molecular formula is C18H14N2O4S2. The average Bonchev–Trinajstić information content (AvgIpc) is 3.13. The third-order valence-corrected chi connectivity index (χ3v) is 6.64. The molecule has 0 fully saturated rings. The van der Waals surface area contributed by atoms with Gasteiger partial charge in [-0.2, -0.15) is 0 Å². The lowest BCUT2D eigenvalue weighted by Crippen LogP contribution is -2.18.